The van der Waals surface area contributed by atoms with Crippen LogP contribution in [0.5, 0.6) is 11.5 Å². The van der Waals surface area contributed by atoms with Crippen LogP contribution in [0, 0.1) is 0 Å². The smallest absolute Gasteiger partial charge is 0.321 e. The van der Waals surface area contributed by atoms with Crippen molar-refractivity contribution in [2.24, 2.45) is 0 Å². The first-order chi connectivity index (χ1) is 14.5. The summed E-state index contributed by atoms with van der Waals surface area (Å²) in [5, 5.41) is 10.9. The van der Waals surface area contributed by atoms with E-state index >= 15 is 0 Å². The van der Waals surface area contributed by atoms with Crippen LogP contribution in [0.4, 0.5) is 0 Å². The molecule has 0 saturated heterocycles. The van der Waals surface area contributed by atoms with E-state index in [2.05, 4.69) is 4.98 Å². The largest absolute Gasteiger partial charge is 0.480 e. The number of H-pyrrole nitrogens is 1. The maximum absolute atomic E-state index is 13.5. The van der Waals surface area contributed by atoms with Gasteiger partial charge in [-0.1, -0.05) is 24.3 Å². The van der Waals surface area contributed by atoms with Gasteiger partial charge in [-0.2, -0.15) is 0 Å². The molecule has 0 spiro atoms. The quantitative estimate of drug-likeness (QED) is 0.623. The van der Waals surface area contributed by atoms with Crippen LogP contribution in [0.3, 0.4) is 0 Å². The zero-order valence-electron chi connectivity index (χ0n) is 16.1. The summed E-state index contributed by atoms with van der Waals surface area (Å²) in [6, 6.07) is 12.0. The molecule has 3 aromatic rings. The number of ketones is 1. The minimum atomic E-state index is -1.40. The third kappa shape index (κ3) is 2.42. The summed E-state index contributed by atoms with van der Waals surface area (Å²) in [5.74, 6) is -0.500. The number of rotatable bonds is 4. The van der Waals surface area contributed by atoms with Gasteiger partial charge in [0.05, 0.1) is 11.6 Å². The van der Waals surface area contributed by atoms with Gasteiger partial charge in [-0.25, -0.2) is 0 Å². The lowest BCUT2D eigenvalue weighted by Crippen LogP contribution is -2.61. The standard InChI is InChI=1S/C22H19ClN2O5/c1-25-16(21(27)28)9-14-13-4-2-3-5-15(13)24-20(14)22(25,19(26)10-23)12-6-7-17-18(8-12)30-11-29-17/h2-8,16,24H,9-11H2,1H3,(H,27,28). The number of carboxylic acids is 1. The number of Topliss-reactive ketones (excluding diaryl/α,β-unsaturated/α-hetero) is 1. The molecule has 0 bridgehead atoms. The Labute approximate surface area is 177 Å². The molecular weight excluding hydrogens is 408 g/mol. The predicted molar refractivity (Wildman–Crippen MR) is 110 cm³/mol. The van der Waals surface area contributed by atoms with Gasteiger partial charge in [-0.3, -0.25) is 14.5 Å². The monoisotopic (exact) mass is 426 g/mol. The number of fused-ring (bicyclic) bond motifs is 4. The molecule has 5 rings (SSSR count). The third-order valence-corrected chi connectivity index (χ3v) is 6.41. The number of nitrogens with zero attached hydrogens (tertiary/aromatic N) is 1. The zero-order valence-corrected chi connectivity index (χ0v) is 16.9. The number of carboxylic acid groups (broad SMARTS) is 1. The van der Waals surface area contributed by atoms with Gasteiger partial charge in [0.25, 0.3) is 0 Å². The number of alkyl halides is 1. The Balaban J connectivity index is 1.87. The molecular formula is C22H19ClN2O5. The van der Waals surface area contributed by atoms with Gasteiger partial charge in [0, 0.05) is 17.3 Å². The number of aromatic amines is 1. The second kappa shape index (κ2) is 6.75. The van der Waals surface area contributed by atoms with Gasteiger partial charge >= 0.3 is 5.97 Å². The molecule has 0 aliphatic carbocycles. The molecule has 0 fully saturated rings. The van der Waals surface area contributed by atoms with Crippen LogP contribution in [-0.2, 0) is 21.5 Å². The zero-order chi connectivity index (χ0) is 21.0. The van der Waals surface area contributed by atoms with E-state index in [1.54, 1.807) is 30.1 Å². The number of benzene rings is 2. The van der Waals surface area contributed by atoms with Gasteiger partial charge in [0.2, 0.25) is 6.79 Å². The van der Waals surface area contributed by atoms with Crippen molar-refractivity contribution in [3.63, 3.8) is 0 Å². The number of hydrogen-bond donors (Lipinski definition) is 2. The van der Waals surface area contributed by atoms with Gasteiger partial charge in [-0.15, -0.1) is 11.6 Å². The summed E-state index contributed by atoms with van der Waals surface area (Å²) in [7, 11) is 1.66. The number of carbonyl (C=O) groups is 2. The molecule has 2 aliphatic heterocycles. The maximum Gasteiger partial charge on any atom is 0.321 e. The fraction of sp³-hybridized carbons (Fsp3) is 0.273. The van der Waals surface area contributed by atoms with E-state index in [0.29, 0.717) is 22.8 Å². The van der Waals surface area contributed by atoms with Crippen LogP contribution in [0.15, 0.2) is 42.5 Å². The van der Waals surface area contributed by atoms with E-state index in [4.69, 9.17) is 21.1 Å². The molecule has 0 radical (unpaired) electrons. The number of aliphatic carboxylic acids is 1. The summed E-state index contributed by atoms with van der Waals surface area (Å²) in [4.78, 5) is 30.8. The summed E-state index contributed by atoms with van der Waals surface area (Å²) < 4.78 is 10.9. The predicted octanol–water partition coefficient (Wildman–Crippen LogP) is 2.89. The first-order valence-corrected chi connectivity index (χ1v) is 10.1. The van der Waals surface area contributed by atoms with E-state index in [1.807, 2.05) is 24.3 Å². The minimum Gasteiger partial charge on any atom is -0.480 e. The fourth-order valence-electron chi connectivity index (χ4n) is 4.78. The first-order valence-electron chi connectivity index (χ1n) is 9.53. The Kier molecular flexibility index (Phi) is 4.27. The topological polar surface area (TPSA) is 91.9 Å². The molecule has 1 aromatic heterocycles. The number of aromatic nitrogens is 1. The lowest BCUT2D eigenvalue weighted by molar-refractivity contribution is -0.147. The van der Waals surface area contributed by atoms with E-state index < -0.39 is 17.6 Å². The average Bonchev–Trinajstić information content (AvgIpc) is 3.36. The Bertz CT molecular complexity index is 1190. The van der Waals surface area contributed by atoms with Crippen LogP contribution in [0.1, 0.15) is 16.8 Å². The van der Waals surface area contributed by atoms with Crippen molar-refractivity contribution in [1.82, 2.24) is 9.88 Å². The number of hydrogen-bond acceptors (Lipinski definition) is 5. The molecule has 2 atom stereocenters. The van der Waals surface area contributed by atoms with Crippen molar-refractivity contribution in [2.75, 3.05) is 19.7 Å². The van der Waals surface area contributed by atoms with Crippen molar-refractivity contribution < 1.29 is 24.2 Å². The molecule has 0 saturated carbocycles. The van der Waals surface area contributed by atoms with Crippen molar-refractivity contribution in [1.29, 1.82) is 0 Å². The summed E-state index contributed by atoms with van der Waals surface area (Å²) in [6.45, 7) is 0.0977. The number of carbonyl (C=O) groups excluding carboxylic acids is 1. The fourth-order valence-corrected chi connectivity index (χ4v) is 4.97. The van der Waals surface area contributed by atoms with Crippen molar-refractivity contribution in [3.05, 3.63) is 59.3 Å². The van der Waals surface area contributed by atoms with E-state index in [-0.39, 0.29) is 24.9 Å². The SMILES string of the molecule is CN1C(C(=O)O)Cc2c([nH]c3ccccc23)C1(C(=O)CCl)c1ccc2c(c1)OCO2. The molecule has 8 heteroatoms. The van der Waals surface area contributed by atoms with Crippen LogP contribution in [0.2, 0.25) is 0 Å². The molecule has 7 nitrogen and oxygen atoms in total. The van der Waals surface area contributed by atoms with Crippen molar-refractivity contribution in [3.8, 4) is 11.5 Å². The van der Waals surface area contributed by atoms with E-state index in [1.165, 1.54) is 0 Å². The molecule has 2 aliphatic rings. The van der Waals surface area contributed by atoms with Gasteiger partial charge in [-0.05, 0) is 36.4 Å². The molecule has 2 aromatic carbocycles. The third-order valence-electron chi connectivity index (χ3n) is 6.17. The number of likely N-dealkylation sites (N-methyl/N-ethyl adjacent to an activating group) is 1. The maximum atomic E-state index is 13.5. The Hall–Kier alpha value is -3.03. The highest BCUT2D eigenvalue weighted by Gasteiger charge is 2.54. The van der Waals surface area contributed by atoms with Gasteiger partial charge < -0.3 is 19.6 Å². The second-order valence-corrected chi connectivity index (χ2v) is 7.80. The second-order valence-electron chi connectivity index (χ2n) is 7.53. The molecule has 2 unspecified atom stereocenters. The average molecular weight is 427 g/mol. The van der Waals surface area contributed by atoms with Crippen LogP contribution >= 0.6 is 11.6 Å². The lowest BCUT2D eigenvalue weighted by Gasteiger charge is -2.47. The van der Waals surface area contributed by atoms with Crippen LogP contribution in [-0.4, -0.2) is 52.5 Å². The van der Waals surface area contributed by atoms with Crippen LogP contribution < -0.4 is 9.47 Å². The summed E-state index contributed by atoms with van der Waals surface area (Å²) >= 11 is 6.11. The molecule has 154 valence electrons. The van der Waals surface area contributed by atoms with Gasteiger partial charge in [0.1, 0.15) is 11.6 Å². The number of nitrogens with one attached hydrogen (secondary N) is 1. The Morgan fingerprint density at radius 3 is 2.77 bits per heavy atom. The number of para-hydroxylation sites is 1. The normalized spacial score (nSPS) is 22.8. The van der Waals surface area contributed by atoms with Crippen molar-refractivity contribution >= 4 is 34.3 Å². The molecule has 2 N–H and O–H groups in total. The minimum absolute atomic E-state index is 0.0977. The summed E-state index contributed by atoms with van der Waals surface area (Å²) in [6.07, 6.45) is 0.271. The van der Waals surface area contributed by atoms with Crippen LogP contribution in [0.25, 0.3) is 10.9 Å². The first kappa shape index (κ1) is 19.0. The van der Waals surface area contributed by atoms with Crippen molar-refractivity contribution in [2.45, 2.75) is 18.0 Å². The number of halogens is 1. The highest BCUT2D eigenvalue weighted by Crippen LogP contribution is 2.47. The molecule has 30 heavy (non-hydrogen) atoms. The van der Waals surface area contributed by atoms with Gasteiger partial charge in [0.15, 0.2) is 17.3 Å². The highest BCUT2D eigenvalue weighted by atomic mass is 35.5. The summed E-state index contributed by atoms with van der Waals surface area (Å²) in [5.41, 5.74) is 1.48. The number of ether oxygens (including phenoxy) is 2. The van der Waals surface area contributed by atoms with E-state index in [9.17, 15) is 14.7 Å². The van der Waals surface area contributed by atoms with E-state index in [0.717, 1.165) is 16.5 Å². The molecule has 0 amide bonds. The highest BCUT2D eigenvalue weighted by molar-refractivity contribution is 6.29. The molecule has 3 heterocycles. The Morgan fingerprint density at radius 1 is 1.23 bits per heavy atom. The lowest BCUT2D eigenvalue weighted by atomic mass is 9.74. The Morgan fingerprint density at radius 2 is 2.00 bits per heavy atom.